The number of hydrogen-bond acceptors (Lipinski definition) is 3. The van der Waals surface area contributed by atoms with Gasteiger partial charge in [0.15, 0.2) is 0 Å². The van der Waals surface area contributed by atoms with Crippen molar-refractivity contribution in [2.24, 2.45) is 4.99 Å². The van der Waals surface area contributed by atoms with E-state index in [1.807, 2.05) is 6.92 Å². The van der Waals surface area contributed by atoms with Gasteiger partial charge in [-0.1, -0.05) is 0 Å². The number of aliphatic carboxylic acids is 1. The van der Waals surface area contributed by atoms with Crippen molar-refractivity contribution < 1.29 is 14.6 Å². The minimum atomic E-state index is -0.982. The molecule has 11 heavy (non-hydrogen) atoms. The summed E-state index contributed by atoms with van der Waals surface area (Å²) in [4.78, 5) is 13.9. The summed E-state index contributed by atoms with van der Waals surface area (Å²) in [6, 6.07) is -0.759. The third-order valence-electron chi connectivity index (χ3n) is 1.17. The predicted molar refractivity (Wildman–Crippen MR) is 41.3 cm³/mol. The Labute approximate surface area is 65.6 Å². The molecule has 0 aliphatic heterocycles. The molecule has 0 aliphatic carbocycles. The second kappa shape index (κ2) is 5.76. The van der Waals surface area contributed by atoms with E-state index in [0.717, 1.165) is 12.5 Å². The maximum atomic E-state index is 10.4. The van der Waals surface area contributed by atoms with Gasteiger partial charge in [-0.05, 0) is 0 Å². The van der Waals surface area contributed by atoms with Gasteiger partial charge in [-0.25, -0.2) is 0 Å². The summed E-state index contributed by atoms with van der Waals surface area (Å²) in [6.45, 7) is 1.87. The van der Waals surface area contributed by atoms with Gasteiger partial charge in [0.05, 0.1) is 0 Å². The Balaban J connectivity index is 3.98. The van der Waals surface area contributed by atoms with Gasteiger partial charge in [-0.3, -0.25) is 0 Å². The monoisotopic (exact) mass is 155 g/mol. The zero-order chi connectivity index (χ0) is 8.69. The fourth-order valence-electron chi connectivity index (χ4n) is 0.674. The van der Waals surface area contributed by atoms with Crippen molar-refractivity contribution in [1.82, 2.24) is 0 Å². The molecule has 0 aromatic heterocycles. The van der Waals surface area contributed by atoms with Crippen molar-refractivity contribution in [3.05, 3.63) is 0 Å². The number of aliphatic imine (C=N–C) groups is 1. The molecule has 0 saturated heterocycles. The molecule has 1 atom stereocenters. The fraction of sp³-hybridized carbons (Fsp3) is 0.667. The minimum absolute atomic E-state index is 0.472. The van der Waals surface area contributed by atoms with Crippen LogP contribution in [0.1, 0.15) is 19.8 Å². The summed E-state index contributed by atoms with van der Waals surface area (Å²) in [7, 11) is 0.478. The van der Waals surface area contributed by atoms with Gasteiger partial charge < -0.3 is 0 Å². The van der Waals surface area contributed by atoms with Crippen LogP contribution in [0.25, 0.3) is 0 Å². The topological polar surface area (TPSA) is 66.7 Å². The Morgan fingerprint density at radius 1 is 1.82 bits per heavy atom. The molecule has 0 saturated carbocycles. The Bertz CT molecular complexity index is 169. The average Bonchev–Trinajstić information content (AvgIpc) is 1.97. The predicted octanol–water partition coefficient (Wildman–Crippen LogP) is 0.318. The molecule has 5 heteroatoms. The average molecular weight is 155 g/mol. The van der Waals surface area contributed by atoms with E-state index < -0.39 is 12.0 Å². The molecule has 0 bridgehead atoms. The van der Waals surface area contributed by atoms with Crippen molar-refractivity contribution in [2.45, 2.75) is 25.8 Å². The first-order valence-corrected chi connectivity index (χ1v) is 3.42. The first-order chi connectivity index (χ1) is 5.22. The molecule has 1 unspecified atom stereocenters. The number of rotatable bonds is 5. The fourth-order valence-corrected chi connectivity index (χ4v) is 0.674. The number of hydrogen-bond donors (Lipinski definition) is 1. The van der Waals surface area contributed by atoms with Crippen LogP contribution in [0.4, 0.5) is 0 Å². The van der Waals surface area contributed by atoms with Gasteiger partial charge in [0.2, 0.25) is 0 Å². The van der Waals surface area contributed by atoms with Gasteiger partial charge in [-0.15, -0.1) is 0 Å². The van der Waals surface area contributed by atoms with E-state index in [9.17, 15) is 9.50 Å². The first kappa shape index (κ1) is 10.0. The summed E-state index contributed by atoms with van der Waals surface area (Å²) in [5, 5.41) is 8.50. The zero-order valence-electron chi connectivity index (χ0n) is 6.36. The van der Waals surface area contributed by atoms with E-state index in [1.165, 1.54) is 0 Å². The molecular formula is C6H10BNO3. The summed E-state index contributed by atoms with van der Waals surface area (Å²) < 4.78 is 9.79. The van der Waals surface area contributed by atoms with Crippen molar-refractivity contribution in [3.8, 4) is 0 Å². The number of carboxylic acids is 1. The van der Waals surface area contributed by atoms with Crippen LogP contribution in [0.2, 0.25) is 0 Å². The molecule has 0 fully saturated rings. The molecule has 0 rings (SSSR count). The van der Waals surface area contributed by atoms with E-state index >= 15 is 0 Å². The van der Waals surface area contributed by atoms with Gasteiger partial charge in [0, 0.05) is 0 Å². The first-order valence-electron chi connectivity index (χ1n) is 3.42. The van der Waals surface area contributed by atoms with Crippen LogP contribution < -0.4 is 0 Å². The molecule has 0 aromatic rings. The standard InChI is InChI=1S/C6H10BNO3/c1-2-3-5(6(9)10)8-4-7-11/h4-5H,2-3H2,1H3,(H,9,10). The molecule has 0 spiro atoms. The Morgan fingerprint density at radius 3 is 2.82 bits per heavy atom. The van der Waals surface area contributed by atoms with E-state index in [0.29, 0.717) is 13.6 Å². The van der Waals surface area contributed by atoms with Crippen LogP contribution in [-0.4, -0.2) is 30.4 Å². The van der Waals surface area contributed by atoms with E-state index in [-0.39, 0.29) is 0 Å². The van der Waals surface area contributed by atoms with Gasteiger partial charge in [0.1, 0.15) is 0 Å². The second-order valence-corrected chi connectivity index (χ2v) is 2.08. The Kier molecular flexibility index (Phi) is 5.24. The SMILES string of the molecule is CCCC(N=CB=O)C(=O)O. The van der Waals surface area contributed by atoms with Crippen LogP contribution in [-0.2, 0) is 9.50 Å². The van der Waals surface area contributed by atoms with Crippen LogP contribution in [0, 0.1) is 0 Å². The molecular weight excluding hydrogens is 145 g/mol. The van der Waals surface area contributed by atoms with Crippen molar-refractivity contribution in [3.63, 3.8) is 0 Å². The molecule has 0 aromatic carbocycles. The van der Waals surface area contributed by atoms with E-state index in [4.69, 9.17) is 5.11 Å². The molecule has 0 amide bonds. The summed E-state index contributed by atoms with van der Waals surface area (Å²) >= 11 is 0. The third kappa shape index (κ3) is 4.41. The van der Waals surface area contributed by atoms with E-state index in [1.54, 1.807) is 0 Å². The number of carbonyl (C=O) groups is 1. The third-order valence-corrected chi connectivity index (χ3v) is 1.17. The summed E-state index contributed by atoms with van der Waals surface area (Å²) in [6.07, 6.45) is 2.20. The molecule has 0 aliphatic rings. The molecule has 0 heterocycles. The normalized spacial score (nSPS) is 12.8. The van der Waals surface area contributed by atoms with Crippen LogP contribution >= 0.6 is 0 Å². The van der Waals surface area contributed by atoms with Gasteiger partial charge >= 0.3 is 64.6 Å². The Morgan fingerprint density at radius 2 is 2.45 bits per heavy atom. The van der Waals surface area contributed by atoms with Crippen molar-refractivity contribution in [1.29, 1.82) is 0 Å². The molecule has 4 nitrogen and oxygen atoms in total. The van der Waals surface area contributed by atoms with Crippen molar-refractivity contribution >= 4 is 19.2 Å². The van der Waals surface area contributed by atoms with Crippen LogP contribution in [0.15, 0.2) is 4.99 Å². The molecule has 1 N–H and O–H groups in total. The van der Waals surface area contributed by atoms with Crippen molar-refractivity contribution in [2.75, 3.05) is 0 Å². The van der Waals surface area contributed by atoms with Gasteiger partial charge in [-0.2, -0.15) is 0 Å². The summed E-state index contributed by atoms with van der Waals surface area (Å²) in [5.41, 5.74) is 0. The molecule has 60 valence electrons. The van der Waals surface area contributed by atoms with Crippen LogP contribution in [0.3, 0.4) is 0 Å². The van der Waals surface area contributed by atoms with Gasteiger partial charge in [0.25, 0.3) is 0 Å². The quantitative estimate of drug-likeness (QED) is 0.459. The summed E-state index contributed by atoms with van der Waals surface area (Å²) in [5.74, 6) is -0.982. The second-order valence-electron chi connectivity index (χ2n) is 2.08. The number of carboxylic acid groups (broad SMARTS) is 1. The molecule has 0 radical (unpaired) electrons. The van der Waals surface area contributed by atoms with E-state index in [2.05, 4.69) is 4.99 Å². The number of nitrogens with zero attached hydrogens (tertiary/aromatic N) is 1. The van der Waals surface area contributed by atoms with Crippen LogP contribution in [0.5, 0.6) is 0 Å². The zero-order valence-corrected chi connectivity index (χ0v) is 6.36. The Hall–Kier alpha value is -0.995. The maximum absolute atomic E-state index is 10.4.